The van der Waals surface area contributed by atoms with E-state index in [0.29, 0.717) is 0 Å². The maximum Gasteiger partial charge on any atom is 0.262 e. The minimum absolute atomic E-state index is 0.0186. The van der Waals surface area contributed by atoms with Crippen molar-refractivity contribution in [3.05, 3.63) is 60.2 Å². The van der Waals surface area contributed by atoms with Gasteiger partial charge in [0.1, 0.15) is 0 Å². The Morgan fingerprint density at radius 2 is 1.59 bits per heavy atom. The third kappa shape index (κ3) is 2.66. The predicted molar refractivity (Wildman–Crippen MR) is 78.0 cm³/mol. The number of halogens is 1. The largest absolute Gasteiger partial charge is 0.284 e. The molecule has 0 atom stereocenters. The molecule has 2 aromatic rings. The molecule has 17 heavy (non-hydrogen) atoms. The fraction of sp³-hybridized carbons (Fsp3) is 0.0714. The summed E-state index contributed by atoms with van der Waals surface area (Å²) in [4.78, 5) is 12.1. The average molecular weight is 337 g/mol. The Hall–Kier alpha value is -1.36. The Labute approximate surface area is 115 Å². The van der Waals surface area contributed by atoms with E-state index >= 15 is 0 Å². The van der Waals surface area contributed by atoms with Crippen LogP contribution in [0.2, 0.25) is 0 Å². The summed E-state index contributed by atoms with van der Waals surface area (Å²) < 4.78 is 1.57. The first kappa shape index (κ1) is 12.1. The maximum atomic E-state index is 12.1. The number of nitrogens with zero attached hydrogens (tertiary/aromatic N) is 1. The first-order valence-electron chi connectivity index (χ1n) is 5.28. The SMILES string of the molecule is CN(I)C(=O)c1ccccc1-c1ccccc1. The smallest absolute Gasteiger partial charge is 0.262 e. The second-order valence-electron chi connectivity index (χ2n) is 3.69. The van der Waals surface area contributed by atoms with Gasteiger partial charge < -0.3 is 0 Å². The maximum absolute atomic E-state index is 12.1. The van der Waals surface area contributed by atoms with E-state index in [1.807, 2.05) is 77.5 Å². The van der Waals surface area contributed by atoms with Gasteiger partial charge in [-0.3, -0.25) is 7.91 Å². The molecule has 2 rings (SSSR count). The molecule has 0 spiro atoms. The minimum Gasteiger partial charge on any atom is -0.284 e. The van der Waals surface area contributed by atoms with E-state index in [0.717, 1.165) is 16.7 Å². The Kier molecular flexibility index (Phi) is 3.78. The van der Waals surface area contributed by atoms with Gasteiger partial charge in [-0.15, -0.1) is 0 Å². The van der Waals surface area contributed by atoms with Crippen molar-refractivity contribution in [3.8, 4) is 11.1 Å². The van der Waals surface area contributed by atoms with Gasteiger partial charge in [0.25, 0.3) is 5.91 Å². The van der Waals surface area contributed by atoms with Crippen LogP contribution in [0.4, 0.5) is 0 Å². The highest BCUT2D eigenvalue weighted by Crippen LogP contribution is 2.24. The number of hydrogen-bond acceptors (Lipinski definition) is 1. The molecule has 2 aromatic carbocycles. The van der Waals surface area contributed by atoms with Crippen molar-refractivity contribution >= 4 is 28.8 Å². The molecule has 0 saturated carbocycles. The van der Waals surface area contributed by atoms with Crippen molar-refractivity contribution in [1.82, 2.24) is 3.11 Å². The molecule has 3 heteroatoms. The lowest BCUT2D eigenvalue weighted by atomic mass is 9.99. The van der Waals surface area contributed by atoms with Gasteiger partial charge in [0.2, 0.25) is 0 Å². The van der Waals surface area contributed by atoms with Crippen LogP contribution in [0.1, 0.15) is 10.4 Å². The Morgan fingerprint density at radius 3 is 2.24 bits per heavy atom. The number of amides is 1. The molecule has 2 nitrogen and oxygen atoms in total. The van der Waals surface area contributed by atoms with E-state index in [2.05, 4.69) is 0 Å². The van der Waals surface area contributed by atoms with Crippen LogP contribution in [-0.4, -0.2) is 16.1 Å². The molecule has 0 aliphatic carbocycles. The van der Waals surface area contributed by atoms with Gasteiger partial charge in [-0.2, -0.15) is 0 Å². The lowest BCUT2D eigenvalue weighted by Crippen LogP contribution is -2.16. The molecule has 0 saturated heterocycles. The van der Waals surface area contributed by atoms with Crippen LogP contribution in [0, 0.1) is 0 Å². The van der Waals surface area contributed by atoms with Crippen molar-refractivity contribution in [2.75, 3.05) is 7.05 Å². The first-order chi connectivity index (χ1) is 8.20. The number of carbonyl (C=O) groups excluding carboxylic acids is 1. The quantitative estimate of drug-likeness (QED) is 0.603. The van der Waals surface area contributed by atoms with Crippen LogP contribution in [0.15, 0.2) is 54.6 Å². The van der Waals surface area contributed by atoms with E-state index in [1.54, 1.807) is 10.2 Å². The van der Waals surface area contributed by atoms with Crippen molar-refractivity contribution in [3.63, 3.8) is 0 Å². The van der Waals surface area contributed by atoms with Gasteiger partial charge in [-0.05, 0) is 17.2 Å². The van der Waals surface area contributed by atoms with E-state index in [9.17, 15) is 4.79 Å². The molecule has 0 aromatic heterocycles. The van der Waals surface area contributed by atoms with Crippen LogP contribution in [-0.2, 0) is 0 Å². The number of benzene rings is 2. The molecular weight excluding hydrogens is 325 g/mol. The van der Waals surface area contributed by atoms with Crippen LogP contribution >= 0.6 is 22.9 Å². The minimum atomic E-state index is 0.0186. The summed E-state index contributed by atoms with van der Waals surface area (Å²) in [5.74, 6) is 0.0186. The van der Waals surface area contributed by atoms with Gasteiger partial charge in [0, 0.05) is 12.6 Å². The van der Waals surface area contributed by atoms with Crippen LogP contribution in [0.25, 0.3) is 11.1 Å². The second-order valence-corrected chi connectivity index (χ2v) is 5.14. The van der Waals surface area contributed by atoms with Crippen molar-refractivity contribution in [1.29, 1.82) is 0 Å². The molecule has 0 radical (unpaired) electrons. The van der Waals surface area contributed by atoms with Crippen molar-refractivity contribution in [2.24, 2.45) is 0 Å². The summed E-state index contributed by atoms with van der Waals surface area (Å²) in [6, 6.07) is 17.6. The predicted octanol–water partition coefficient (Wildman–Crippen LogP) is 3.78. The molecule has 0 N–H and O–H groups in total. The monoisotopic (exact) mass is 337 g/mol. The summed E-state index contributed by atoms with van der Waals surface area (Å²) in [7, 11) is 1.75. The van der Waals surface area contributed by atoms with E-state index in [4.69, 9.17) is 0 Å². The van der Waals surface area contributed by atoms with Gasteiger partial charge in [0.15, 0.2) is 0 Å². The van der Waals surface area contributed by atoms with Crippen LogP contribution in [0.3, 0.4) is 0 Å². The number of rotatable bonds is 2. The normalized spacial score (nSPS) is 10.0. The topological polar surface area (TPSA) is 20.3 Å². The van der Waals surface area contributed by atoms with E-state index < -0.39 is 0 Å². The van der Waals surface area contributed by atoms with Gasteiger partial charge >= 0.3 is 0 Å². The highest BCUT2D eigenvalue weighted by Gasteiger charge is 2.14. The molecular formula is C14H12INO. The fourth-order valence-electron chi connectivity index (χ4n) is 1.71. The summed E-state index contributed by atoms with van der Waals surface area (Å²) in [6.07, 6.45) is 0. The van der Waals surface area contributed by atoms with E-state index in [-0.39, 0.29) is 5.91 Å². The lowest BCUT2D eigenvalue weighted by Gasteiger charge is -2.12. The summed E-state index contributed by atoms with van der Waals surface area (Å²) in [6.45, 7) is 0. The molecule has 0 unspecified atom stereocenters. The Morgan fingerprint density at radius 1 is 1.00 bits per heavy atom. The molecule has 0 heterocycles. The summed E-state index contributed by atoms with van der Waals surface area (Å²) in [5.41, 5.74) is 2.77. The van der Waals surface area contributed by atoms with Crippen LogP contribution in [0.5, 0.6) is 0 Å². The molecule has 0 aliphatic rings. The number of carbonyl (C=O) groups is 1. The Bertz CT molecular complexity index is 523. The van der Waals surface area contributed by atoms with Gasteiger partial charge in [0.05, 0.1) is 22.9 Å². The molecule has 0 aliphatic heterocycles. The van der Waals surface area contributed by atoms with Crippen molar-refractivity contribution in [2.45, 2.75) is 0 Å². The third-order valence-electron chi connectivity index (χ3n) is 2.52. The van der Waals surface area contributed by atoms with Crippen molar-refractivity contribution < 1.29 is 4.79 Å². The molecule has 86 valence electrons. The fourth-order valence-corrected chi connectivity index (χ4v) is 1.96. The second kappa shape index (κ2) is 5.31. The summed E-state index contributed by atoms with van der Waals surface area (Å²) >= 11 is 1.99. The highest BCUT2D eigenvalue weighted by molar-refractivity contribution is 14.1. The Balaban J connectivity index is 2.52. The molecule has 0 fully saturated rings. The zero-order valence-corrected chi connectivity index (χ0v) is 11.6. The number of hydrogen-bond donors (Lipinski definition) is 0. The highest BCUT2D eigenvalue weighted by atomic mass is 127. The van der Waals surface area contributed by atoms with E-state index in [1.165, 1.54) is 0 Å². The molecule has 1 amide bonds. The standard InChI is InChI=1S/C14H12INO/c1-16(15)14(17)13-10-6-5-9-12(13)11-7-3-2-4-8-11/h2-10H,1H3. The first-order valence-corrected chi connectivity index (χ1v) is 6.25. The van der Waals surface area contributed by atoms with Gasteiger partial charge in [-0.1, -0.05) is 48.5 Å². The zero-order valence-electron chi connectivity index (χ0n) is 9.43. The summed E-state index contributed by atoms with van der Waals surface area (Å²) in [5, 5.41) is 0. The van der Waals surface area contributed by atoms with Gasteiger partial charge in [-0.25, -0.2) is 0 Å². The third-order valence-corrected chi connectivity index (χ3v) is 2.96. The lowest BCUT2D eigenvalue weighted by molar-refractivity contribution is 0.0907. The van der Waals surface area contributed by atoms with Crippen LogP contribution < -0.4 is 0 Å². The average Bonchev–Trinajstić information content (AvgIpc) is 2.39. The molecule has 0 bridgehead atoms. The zero-order chi connectivity index (χ0) is 12.3.